The maximum Gasteiger partial charge on any atom is 0.243 e. The number of hydrogen-bond donors (Lipinski definition) is 1. The molecule has 1 aromatic carbocycles. The average molecular weight is 309 g/mol. The molecule has 2 fully saturated rings. The first-order valence-corrected chi connectivity index (χ1v) is 9.03. The van der Waals surface area contributed by atoms with Crippen molar-refractivity contribution in [1.29, 1.82) is 0 Å². The topological polar surface area (TPSA) is 66.6 Å². The van der Waals surface area contributed by atoms with Crippen molar-refractivity contribution >= 4 is 15.7 Å². The van der Waals surface area contributed by atoms with Crippen molar-refractivity contribution < 1.29 is 8.42 Å². The van der Waals surface area contributed by atoms with Crippen molar-refractivity contribution in [3.63, 3.8) is 0 Å². The molecule has 2 aliphatic heterocycles. The molecule has 1 aromatic rings. The van der Waals surface area contributed by atoms with Gasteiger partial charge in [0.1, 0.15) is 0 Å². The lowest BCUT2D eigenvalue weighted by Gasteiger charge is -2.43. The maximum absolute atomic E-state index is 12.9. The van der Waals surface area contributed by atoms with E-state index in [-0.39, 0.29) is 0 Å². The van der Waals surface area contributed by atoms with Crippen LogP contribution in [-0.2, 0) is 10.0 Å². The highest BCUT2D eigenvalue weighted by molar-refractivity contribution is 7.89. The molecular weight excluding hydrogens is 286 g/mol. The number of benzene rings is 1. The van der Waals surface area contributed by atoms with Crippen molar-refractivity contribution in [3.8, 4) is 0 Å². The molecule has 5 nitrogen and oxygen atoms in total. The number of nitrogens with zero attached hydrogens (tertiary/aromatic N) is 2. The lowest BCUT2D eigenvalue weighted by Crippen LogP contribution is -2.56. The Hall–Kier alpha value is -1.11. The zero-order valence-electron chi connectivity index (χ0n) is 12.5. The largest absolute Gasteiger partial charge is 0.399 e. The Bertz CT molecular complexity index is 630. The zero-order chi connectivity index (χ0) is 15.0. The minimum atomic E-state index is -3.41. The van der Waals surface area contributed by atoms with Crippen LogP contribution < -0.4 is 5.73 Å². The number of sulfonamides is 1. The molecule has 1 atom stereocenters. The molecule has 2 aliphatic rings. The molecule has 0 aliphatic carbocycles. The normalized spacial score (nSPS) is 24.7. The number of piperazine rings is 1. The minimum Gasteiger partial charge on any atom is -0.399 e. The van der Waals surface area contributed by atoms with Gasteiger partial charge in [-0.2, -0.15) is 4.31 Å². The molecule has 0 saturated carbocycles. The number of nitrogens with two attached hydrogens (primary N) is 1. The zero-order valence-corrected chi connectivity index (χ0v) is 13.3. The molecule has 2 N–H and O–H groups in total. The van der Waals surface area contributed by atoms with E-state index < -0.39 is 10.0 Å². The standard InChI is InChI=1S/C15H23N3O2S/c1-12-10-13(16)5-6-15(12)21(19,20)18-9-8-17-7-3-2-4-14(17)11-18/h5-6,10,14H,2-4,7-9,11,16H2,1H3. The van der Waals surface area contributed by atoms with Crippen LogP contribution >= 0.6 is 0 Å². The molecule has 2 heterocycles. The second-order valence-electron chi connectivity index (χ2n) is 6.07. The van der Waals surface area contributed by atoms with E-state index in [1.165, 1.54) is 12.8 Å². The molecule has 0 radical (unpaired) electrons. The van der Waals surface area contributed by atoms with Crippen LogP contribution in [0.2, 0.25) is 0 Å². The average Bonchev–Trinajstić information content (AvgIpc) is 2.46. The van der Waals surface area contributed by atoms with Gasteiger partial charge in [-0.25, -0.2) is 8.42 Å². The summed E-state index contributed by atoms with van der Waals surface area (Å²) in [6, 6.07) is 5.41. The third kappa shape index (κ3) is 2.80. The van der Waals surface area contributed by atoms with E-state index in [2.05, 4.69) is 4.90 Å². The quantitative estimate of drug-likeness (QED) is 0.840. The summed E-state index contributed by atoms with van der Waals surface area (Å²) in [5, 5.41) is 0. The molecule has 0 spiro atoms. The Morgan fingerprint density at radius 1 is 1.19 bits per heavy atom. The number of piperidine rings is 1. The summed E-state index contributed by atoms with van der Waals surface area (Å²) in [7, 11) is -3.41. The van der Waals surface area contributed by atoms with Gasteiger partial charge in [0, 0.05) is 31.4 Å². The van der Waals surface area contributed by atoms with E-state index in [1.54, 1.807) is 29.4 Å². The van der Waals surface area contributed by atoms with Gasteiger partial charge in [-0.05, 0) is 50.1 Å². The number of aryl methyl sites for hydroxylation is 1. The van der Waals surface area contributed by atoms with Crippen LogP contribution in [0.25, 0.3) is 0 Å². The van der Waals surface area contributed by atoms with Gasteiger partial charge in [0.25, 0.3) is 0 Å². The summed E-state index contributed by atoms with van der Waals surface area (Å²) >= 11 is 0. The summed E-state index contributed by atoms with van der Waals surface area (Å²) in [5.74, 6) is 0. The Morgan fingerprint density at radius 2 is 2.00 bits per heavy atom. The molecule has 3 rings (SSSR count). The first-order valence-electron chi connectivity index (χ1n) is 7.59. The van der Waals surface area contributed by atoms with E-state index >= 15 is 0 Å². The fraction of sp³-hybridized carbons (Fsp3) is 0.600. The van der Waals surface area contributed by atoms with Gasteiger partial charge in [-0.1, -0.05) is 6.42 Å². The van der Waals surface area contributed by atoms with Gasteiger partial charge < -0.3 is 5.73 Å². The van der Waals surface area contributed by atoms with E-state index in [0.717, 1.165) is 25.1 Å². The number of rotatable bonds is 2. The monoisotopic (exact) mass is 309 g/mol. The lowest BCUT2D eigenvalue weighted by atomic mass is 10.0. The van der Waals surface area contributed by atoms with E-state index in [0.29, 0.717) is 29.7 Å². The van der Waals surface area contributed by atoms with Crippen LogP contribution in [0.1, 0.15) is 24.8 Å². The van der Waals surface area contributed by atoms with Crippen LogP contribution in [0, 0.1) is 6.92 Å². The highest BCUT2D eigenvalue weighted by Crippen LogP contribution is 2.27. The number of anilines is 1. The Kier molecular flexibility index (Phi) is 3.94. The molecule has 0 bridgehead atoms. The van der Waals surface area contributed by atoms with Crippen molar-refractivity contribution in [1.82, 2.24) is 9.21 Å². The second kappa shape index (κ2) is 5.59. The molecule has 21 heavy (non-hydrogen) atoms. The van der Waals surface area contributed by atoms with Crippen LogP contribution in [0.15, 0.2) is 23.1 Å². The predicted molar refractivity (Wildman–Crippen MR) is 83.6 cm³/mol. The van der Waals surface area contributed by atoms with Crippen LogP contribution in [0.3, 0.4) is 0 Å². The first-order chi connectivity index (χ1) is 9.98. The van der Waals surface area contributed by atoms with Gasteiger partial charge in [-0.3, -0.25) is 4.90 Å². The third-order valence-electron chi connectivity index (χ3n) is 4.62. The summed E-state index contributed by atoms with van der Waals surface area (Å²) in [4.78, 5) is 2.83. The first kappa shape index (κ1) is 14.8. The second-order valence-corrected chi connectivity index (χ2v) is 7.98. The van der Waals surface area contributed by atoms with E-state index in [4.69, 9.17) is 5.73 Å². The number of fused-ring (bicyclic) bond motifs is 1. The van der Waals surface area contributed by atoms with Crippen LogP contribution in [0.4, 0.5) is 5.69 Å². The predicted octanol–water partition coefficient (Wildman–Crippen LogP) is 1.44. The van der Waals surface area contributed by atoms with Crippen LogP contribution in [0.5, 0.6) is 0 Å². The molecule has 6 heteroatoms. The molecule has 2 saturated heterocycles. The van der Waals surface area contributed by atoms with E-state index in [9.17, 15) is 8.42 Å². The Labute approximate surface area is 126 Å². The number of nitrogen functional groups attached to an aromatic ring is 1. The van der Waals surface area contributed by atoms with Gasteiger partial charge in [0.05, 0.1) is 4.90 Å². The van der Waals surface area contributed by atoms with Crippen molar-refractivity contribution in [2.45, 2.75) is 37.1 Å². The minimum absolute atomic E-state index is 0.386. The number of hydrogen-bond acceptors (Lipinski definition) is 4. The van der Waals surface area contributed by atoms with Gasteiger partial charge in [0.15, 0.2) is 0 Å². The summed E-state index contributed by atoms with van der Waals surface area (Å²) in [6.07, 6.45) is 3.54. The van der Waals surface area contributed by atoms with Crippen LogP contribution in [-0.4, -0.2) is 49.8 Å². The van der Waals surface area contributed by atoms with E-state index in [1.807, 2.05) is 0 Å². The highest BCUT2D eigenvalue weighted by atomic mass is 32.2. The van der Waals surface area contributed by atoms with Crippen molar-refractivity contribution in [2.75, 3.05) is 31.9 Å². The van der Waals surface area contributed by atoms with Gasteiger partial charge in [0.2, 0.25) is 10.0 Å². The fourth-order valence-corrected chi connectivity index (χ4v) is 5.12. The fourth-order valence-electron chi connectivity index (χ4n) is 3.45. The van der Waals surface area contributed by atoms with Gasteiger partial charge >= 0.3 is 0 Å². The third-order valence-corrected chi connectivity index (χ3v) is 6.64. The smallest absolute Gasteiger partial charge is 0.243 e. The SMILES string of the molecule is Cc1cc(N)ccc1S(=O)(=O)N1CCN2CCCCC2C1. The highest BCUT2D eigenvalue weighted by Gasteiger charge is 2.35. The molecule has 116 valence electrons. The summed E-state index contributed by atoms with van der Waals surface area (Å²) in [6.45, 7) is 4.96. The van der Waals surface area contributed by atoms with Gasteiger partial charge in [-0.15, -0.1) is 0 Å². The Balaban J connectivity index is 1.85. The lowest BCUT2D eigenvalue weighted by molar-refractivity contribution is 0.0851. The molecule has 0 aromatic heterocycles. The molecule has 1 unspecified atom stereocenters. The Morgan fingerprint density at radius 3 is 2.76 bits per heavy atom. The van der Waals surface area contributed by atoms with Crippen molar-refractivity contribution in [3.05, 3.63) is 23.8 Å². The molecular formula is C15H23N3O2S. The summed E-state index contributed by atoms with van der Waals surface area (Å²) in [5.41, 5.74) is 7.05. The molecule has 0 amide bonds. The maximum atomic E-state index is 12.9. The summed E-state index contributed by atoms with van der Waals surface area (Å²) < 4.78 is 27.4. The van der Waals surface area contributed by atoms with Crippen molar-refractivity contribution in [2.24, 2.45) is 0 Å².